The molecule has 1 fully saturated rings. The van der Waals surface area contributed by atoms with Gasteiger partial charge < -0.3 is 15.2 Å². The summed E-state index contributed by atoms with van der Waals surface area (Å²) in [6.07, 6.45) is 0.815. The van der Waals surface area contributed by atoms with Crippen molar-refractivity contribution in [2.75, 3.05) is 6.61 Å². The first-order chi connectivity index (χ1) is 8.11. The Bertz CT molecular complexity index is 397. The number of ether oxygens (including phenoxy) is 2. The van der Waals surface area contributed by atoms with E-state index in [4.69, 9.17) is 26.8 Å². The number of halogens is 1. The van der Waals surface area contributed by atoms with Crippen LogP contribution >= 0.6 is 11.6 Å². The zero-order chi connectivity index (χ0) is 12.4. The van der Waals surface area contributed by atoms with Gasteiger partial charge in [-0.1, -0.05) is 17.7 Å². The lowest BCUT2D eigenvalue weighted by Crippen LogP contribution is -2.59. The molecule has 1 aromatic carbocycles. The maximum absolute atomic E-state index is 6.09. The third kappa shape index (κ3) is 2.73. The molecule has 0 radical (unpaired) electrons. The minimum Gasteiger partial charge on any atom is -0.486 e. The highest BCUT2D eigenvalue weighted by Gasteiger charge is 2.41. The Morgan fingerprint density at radius 3 is 2.88 bits per heavy atom. The third-order valence-corrected chi connectivity index (χ3v) is 3.33. The van der Waals surface area contributed by atoms with E-state index in [1.165, 1.54) is 0 Å². The molecule has 1 saturated carbocycles. The van der Waals surface area contributed by atoms with Crippen LogP contribution in [0.4, 0.5) is 0 Å². The summed E-state index contributed by atoms with van der Waals surface area (Å²) < 4.78 is 11.4. The second kappa shape index (κ2) is 5.25. The van der Waals surface area contributed by atoms with Crippen molar-refractivity contribution in [1.82, 2.24) is 0 Å². The van der Waals surface area contributed by atoms with Crippen LogP contribution in [0.5, 0.6) is 5.75 Å². The van der Waals surface area contributed by atoms with Gasteiger partial charge in [-0.25, -0.2) is 0 Å². The fourth-order valence-electron chi connectivity index (χ4n) is 2.02. The summed E-state index contributed by atoms with van der Waals surface area (Å²) in [6.45, 7) is 4.62. The van der Waals surface area contributed by atoms with Crippen LogP contribution in [0, 0.1) is 6.92 Å². The predicted molar refractivity (Wildman–Crippen MR) is 68.6 cm³/mol. The quantitative estimate of drug-likeness (QED) is 0.899. The number of rotatable bonds is 4. The summed E-state index contributed by atoms with van der Waals surface area (Å²) in [6, 6.07) is 5.82. The van der Waals surface area contributed by atoms with E-state index >= 15 is 0 Å². The highest BCUT2D eigenvalue weighted by atomic mass is 35.5. The Kier molecular flexibility index (Phi) is 3.92. The Hall–Kier alpha value is -0.770. The van der Waals surface area contributed by atoms with E-state index in [-0.39, 0.29) is 18.2 Å². The Morgan fingerprint density at radius 2 is 2.24 bits per heavy atom. The second-order valence-electron chi connectivity index (χ2n) is 4.41. The van der Waals surface area contributed by atoms with Gasteiger partial charge in [-0.05, 0) is 31.5 Å². The number of hydrogen-bond acceptors (Lipinski definition) is 3. The summed E-state index contributed by atoms with van der Waals surface area (Å²) in [4.78, 5) is 0. The largest absolute Gasteiger partial charge is 0.486 e. The smallest absolute Gasteiger partial charge is 0.138 e. The van der Waals surface area contributed by atoms with E-state index in [1.54, 1.807) is 0 Å². The predicted octanol–water partition coefficient (Wildman–Crippen LogP) is 2.53. The summed E-state index contributed by atoms with van der Waals surface area (Å²) in [5.74, 6) is 0.716. The van der Waals surface area contributed by atoms with Gasteiger partial charge in [0.15, 0.2) is 0 Å². The lowest BCUT2D eigenvalue weighted by Gasteiger charge is -2.41. The normalized spacial score (nSPS) is 27.6. The summed E-state index contributed by atoms with van der Waals surface area (Å²) in [5, 5.41) is 0.631. The lowest BCUT2D eigenvalue weighted by atomic mass is 9.86. The molecular weight excluding hydrogens is 238 g/mol. The second-order valence-corrected chi connectivity index (χ2v) is 4.82. The van der Waals surface area contributed by atoms with Crippen LogP contribution in [0.1, 0.15) is 18.9 Å². The van der Waals surface area contributed by atoms with Gasteiger partial charge in [0.2, 0.25) is 0 Å². The summed E-state index contributed by atoms with van der Waals surface area (Å²) >= 11 is 6.09. The average molecular weight is 256 g/mol. The first kappa shape index (κ1) is 12.7. The number of benzene rings is 1. The monoisotopic (exact) mass is 255 g/mol. The Labute approximate surface area is 107 Å². The molecule has 4 heteroatoms. The number of aryl methyl sites for hydroxylation is 1. The van der Waals surface area contributed by atoms with E-state index in [1.807, 2.05) is 32.0 Å². The van der Waals surface area contributed by atoms with Crippen LogP contribution in [0.2, 0.25) is 5.02 Å². The fraction of sp³-hybridized carbons (Fsp3) is 0.538. The maximum atomic E-state index is 6.09. The van der Waals surface area contributed by atoms with E-state index in [0.29, 0.717) is 17.4 Å². The molecule has 17 heavy (non-hydrogen) atoms. The summed E-state index contributed by atoms with van der Waals surface area (Å²) in [5.41, 5.74) is 7.01. The van der Waals surface area contributed by atoms with Crippen molar-refractivity contribution in [2.24, 2.45) is 5.73 Å². The van der Waals surface area contributed by atoms with Gasteiger partial charge in [0, 0.05) is 19.1 Å². The molecule has 0 bridgehead atoms. The van der Waals surface area contributed by atoms with Gasteiger partial charge in [-0.15, -0.1) is 0 Å². The number of hydrogen-bond donors (Lipinski definition) is 1. The molecule has 3 atom stereocenters. The van der Waals surface area contributed by atoms with Gasteiger partial charge in [-0.2, -0.15) is 0 Å². The van der Waals surface area contributed by atoms with Crippen LogP contribution in [0.15, 0.2) is 18.2 Å². The van der Waals surface area contributed by atoms with Crippen molar-refractivity contribution in [3.05, 3.63) is 28.8 Å². The molecule has 0 spiro atoms. The Morgan fingerprint density at radius 1 is 1.47 bits per heavy atom. The van der Waals surface area contributed by atoms with Crippen molar-refractivity contribution < 1.29 is 9.47 Å². The molecule has 94 valence electrons. The molecule has 0 amide bonds. The molecule has 0 aromatic heterocycles. The topological polar surface area (TPSA) is 44.5 Å². The molecule has 0 saturated heterocycles. The van der Waals surface area contributed by atoms with Gasteiger partial charge in [0.05, 0.1) is 5.02 Å². The van der Waals surface area contributed by atoms with Gasteiger partial charge >= 0.3 is 0 Å². The third-order valence-electron chi connectivity index (χ3n) is 3.02. The molecule has 0 aliphatic heterocycles. The van der Waals surface area contributed by atoms with Crippen LogP contribution in [0.25, 0.3) is 0 Å². The first-order valence-corrected chi connectivity index (χ1v) is 6.29. The van der Waals surface area contributed by atoms with Crippen molar-refractivity contribution >= 4 is 11.6 Å². The van der Waals surface area contributed by atoms with Crippen molar-refractivity contribution in [2.45, 2.75) is 38.5 Å². The average Bonchev–Trinajstić information content (AvgIpc) is 2.30. The van der Waals surface area contributed by atoms with Gasteiger partial charge in [0.25, 0.3) is 0 Å². The highest BCUT2D eigenvalue weighted by molar-refractivity contribution is 6.32. The lowest BCUT2D eigenvalue weighted by molar-refractivity contribution is -0.0945. The summed E-state index contributed by atoms with van der Waals surface area (Å²) in [7, 11) is 0. The molecule has 0 heterocycles. The minimum absolute atomic E-state index is 0.0171. The molecule has 3 nitrogen and oxygen atoms in total. The van der Waals surface area contributed by atoms with E-state index < -0.39 is 0 Å². The highest BCUT2D eigenvalue weighted by Crippen LogP contribution is 2.32. The molecule has 2 rings (SSSR count). The molecule has 1 aliphatic rings. The van der Waals surface area contributed by atoms with Gasteiger partial charge in [0.1, 0.15) is 18.0 Å². The minimum atomic E-state index is -0.0171. The van der Waals surface area contributed by atoms with Crippen LogP contribution in [-0.4, -0.2) is 24.9 Å². The van der Waals surface area contributed by atoms with Crippen molar-refractivity contribution in [1.29, 1.82) is 0 Å². The fourth-order valence-corrected chi connectivity index (χ4v) is 2.18. The molecule has 2 N–H and O–H groups in total. The molecule has 1 aliphatic carbocycles. The standard InChI is InChI=1S/C13H18ClNO2/c1-3-16-13-10(15)7-12(13)17-11-6-8(2)4-5-9(11)14/h4-6,10,12-13H,3,7,15H2,1-2H3. The maximum Gasteiger partial charge on any atom is 0.138 e. The van der Waals surface area contributed by atoms with Crippen LogP contribution in [0.3, 0.4) is 0 Å². The van der Waals surface area contributed by atoms with Crippen molar-refractivity contribution in [3.63, 3.8) is 0 Å². The number of nitrogens with two attached hydrogens (primary N) is 1. The SMILES string of the molecule is CCOC1C(N)CC1Oc1cc(C)ccc1Cl. The van der Waals surface area contributed by atoms with Crippen LogP contribution < -0.4 is 10.5 Å². The van der Waals surface area contributed by atoms with E-state index in [2.05, 4.69) is 0 Å². The zero-order valence-electron chi connectivity index (χ0n) is 10.2. The molecular formula is C13H18ClNO2. The molecule has 1 aromatic rings. The van der Waals surface area contributed by atoms with E-state index in [9.17, 15) is 0 Å². The zero-order valence-corrected chi connectivity index (χ0v) is 10.9. The van der Waals surface area contributed by atoms with Gasteiger partial charge in [-0.3, -0.25) is 0 Å². The van der Waals surface area contributed by atoms with E-state index in [0.717, 1.165) is 12.0 Å². The van der Waals surface area contributed by atoms with Crippen molar-refractivity contribution in [3.8, 4) is 5.75 Å². The molecule has 3 unspecified atom stereocenters. The Balaban J connectivity index is 2.03. The first-order valence-electron chi connectivity index (χ1n) is 5.91. The van der Waals surface area contributed by atoms with Crippen LogP contribution in [-0.2, 0) is 4.74 Å².